The maximum atomic E-state index is 12.5. The molecule has 0 aliphatic carbocycles. The molecule has 5 rings (SSSR count). The van der Waals surface area contributed by atoms with E-state index in [-0.39, 0.29) is 29.4 Å². The third kappa shape index (κ3) is 10.0. The number of hydrogen-bond acceptors (Lipinski definition) is 5. The average Bonchev–Trinajstić information content (AvgIpc) is 3.45. The SMILES string of the molecule is CC1CCCC(c2ccccc2)N(CCOCc2ccccc2)Cc2n[nH]c(=O)n21.COC(C)c1cc(C(F)(F)F)cc(C(F)(F)F)c1. The topological polar surface area (TPSA) is 72.4 Å². The first kappa shape index (κ1) is 36.9. The zero-order valence-electron chi connectivity index (χ0n) is 27.0. The fraction of sp³-hybridized carbons (Fsp3) is 0.429. The summed E-state index contributed by atoms with van der Waals surface area (Å²) in [6, 6.07) is 22.7. The summed E-state index contributed by atoms with van der Waals surface area (Å²) in [6.07, 6.45) is -7.44. The summed E-state index contributed by atoms with van der Waals surface area (Å²) in [5.41, 5.74) is -0.473. The fourth-order valence-electron chi connectivity index (χ4n) is 5.70. The summed E-state index contributed by atoms with van der Waals surface area (Å²) in [7, 11) is 1.21. The Morgan fingerprint density at radius 1 is 0.917 bits per heavy atom. The molecule has 0 saturated heterocycles. The zero-order valence-corrected chi connectivity index (χ0v) is 27.0. The predicted molar refractivity (Wildman–Crippen MR) is 169 cm³/mol. The molecule has 1 aromatic heterocycles. The number of nitrogens with zero attached hydrogens (tertiary/aromatic N) is 3. The normalized spacial score (nSPS) is 18.1. The van der Waals surface area contributed by atoms with Gasteiger partial charge in [-0.1, -0.05) is 60.7 Å². The number of halogens is 6. The van der Waals surface area contributed by atoms with Crippen LogP contribution in [-0.2, 0) is 35.0 Å². The van der Waals surface area contributed by atoms with Gasteiger partial charge in [0.1, 0.15) is 5.82 Å². The van der Waals surface area contributed by atoms with Crippen molar-refractivity contribution in [3.63, 3.8) is 0 Å². The number of methoxy groups -OCH3 is 1. The van der Waals surface area contributed by atoms with E-state index in [1.807, 2.05) is 22.8 Å². The Balaban J connectivity index is 0.000000248. The lowest BCUT2D eigenvalue weighted by Gasteiger charge is -2.31. The van der Waals surface area contributed by atoms with Crippen molar-refractivity contribution in [3.05, 3.63) is 123 Å². The second kappa shape index (κ2) is 16.4. The van der Waals surface area contributed by atoms with Crippen molar-refractivity contribution in [2.24, 2.45) is 0 Å². The van der Waals surface area contributed by atoms with Crippen LogP contribution >= 0.6 is 0 Å². The van der Waals surface area contributed by atoms with E-state index in [1.54, 1.807) is 0 Å². The molecule has 0 spiro atoms. The van der Waals surface area contributed by atoms with Crippen LogP contribution in [0, 0.1) is 0 Å². The predicted octanol–water partition coefficient (Wildman–Crippen LogP) is 8.51. The first-order valence-corrected chi connectivity index (χ1v) is 15.7. The van der Waals surface area contributed by atoms with E-state index < -0.39 is 29.6 Å². The van der Waals surface area contributed by atoms with Crippen molar-refractivity contribution in [1.29, 1.82) is 0 Å². The van der Waals surface area contributed by atoms with Gasteiger partial charge in [0.2, 0.25) is 0 Å². The molecule has 0 radical (unpaired) electrons. The lowest BCUT2D eigenvalue weighted by atomic mass is 9.98. The van der Waals surface area contributed by atoms with Crippen LogP contribution in [0.5, 0.6) is 0 Å². The van der Waals surface area contributed by atoms with Gasteiger partial charge in [-0.25, -0.2) is 9.89 Å². The number of alkyl halides is 6. The third-order valence-corrected chi connectivity index (χ3v) is 8.35. The van der Waals surface area contributed by atoms with Crippen molar-refractivity contribution in [2.75, 3.05) is 20.3 Å². The Labute approximate surface area is 275 Å². The van der Waals surface area contributed by atoms with Gasteiger partial charge in [0.25, 0.3) is 0 Å². The summed E-state index contributed by atoms with van der Waals surface area (Å²) in [6.45, 7) is 6.11. The Morgan fingerprint density at radius 2 is 1.52 bits per heavy atom. The minimum atomic E-state index is -4.83. The molecule has 48 heavy (non-hydrogen) atoms. The molecule has 0 fully saturated rings. The molecule has 7 nitrogen and oxygen atoms in total. The van der Waals surface area contributed by atoms with Gasteiger partial charge in [-0.2, -0.15) is 31.4 Å². The first-order valence-electron chi connectivity index (χ1n) is 15.7. The Morgan fingerprint density at radius 3 is 2.10 bits per heavy atom. The van der Waals surface area contributed by atoms with Crippen LogP contribution in [0.2, 0.25) is 0 Å². The summed E-state index contributed by atoms with van der Waals surface area (Å²) in [4.78, 5) is 14.7. The smallest absolute Gasteiger partial charge is 0.377 e. The van der Waals surface area contributed by atoms with Crippen molar-refractivity contribution in [1.82, 2.24) is 19.7 Å². The Bertz CT molecular complexity index is 1590. The molecule has 0 saturated carbocycles. The van der Waals surface area contributed by atoms with Gasteiger partial charge in [-0.15, -0.1) is 0 Å². The highest BCUT2D eigenvalue weighted by Crippen LogP contribution is 2.38. The largest absolute Gasteiger partial charge is 0.416 e. The van der Waals surface area contributed by atoms with Gasteiger partial charge in [0, 0.05) is 25.7 Å². The minimum absolute atomic E-state index is 0.0892. The fourth-order valence-corrected chi connectivity index (χ4v) is 5.70. The number of H-pyrrole nitrogens is 1. The molecule has 1 N–H and O–H groups in total. The molecule has 13 heteroatoms. The van der Waals surface area contributed by atoms with Crippen LogP contribution in [-0.4, -0.2) is 39.9 Å². The maximum Gasteiger partial charge on any atom is 0.416 e. The van der Waals surface area contributed by atoms with E-state index in [9.17, 15) is 31.1 Å². The van der Waals surface area contributed by atoms with E-state index in [0.717, 1.165) is 31.6 Å². The second-order valence-corrected chi connectivity index (χ2v) is 11.7. The number of ether oxygens (including phenoxy) is 2. The molecule has 3 unspecified atom stereocenters. The summed E-state index contributed by atoms with van der Waals surface area (Å²) in [5.74, 6) is 0.804. The zero-order chi connectivity index (χ0) is 34.9. The highest BCUT2D eigenvalue weighted by molar-refractivity contribution is 5.34. The van der Waals surface area contributed by atoms with Gasteiger partial charge >= 0.3 is 18.0 Å². The van der Waals surface area contributed by atoms with E-state index in [4.69, 9.17) is 9.47 Å². The second-order valence-electron chi connectivity index (χ2n) is 11.7. The van der Waals surface area contributed by atoms with Crippen molar-refractivity contribution < 1.29 is 35.8 Å². The van der Waals surface area contributed by atoms with Gasteiger partial charge in [-0.3, -0.25) is 9.47 Å². The van der Waals surface area contributed by atoms with Gasteiger partial charge in [0.05, 0.1) is 37.0 Å². The molecule has 260 valence electrons. The van der Waals surface area contributed by atoms with Crippen LogP contribution in [0.4, 0.5) is 26.3 Å². The van der Waals surface area contributed by atoms with Gasteiger partial charge in [0.15, 0.2) is 0 Å². The van der Waals surface area contributed by atoms with Crippen LogP contribution in [0.15, 0.2) is 83.7 Å². The number of aromatic amines is 1. The molecular formula is C35H40F6N4O3. The monoisotopic (exact) mass is 678 g/mol. The lowest BCUT2D eigenvalue weighted by Crippen LogP contribution is -2.33. The molecule has 3 atom stereocenters. The molecule has 1 aliphatic rings. The lowest BCUT2D eigenvalue weighted by molar-refractivity contribution is -0.143. The molecule has 0 bridgehead atoms. The van der Waals surface area contributed by atoms with Crippen molar-refractivity contribution in [3.8, 4) is 0 Å². The maximum absolute atomic E-state index is 12.5. The molecule has 0 amide bonds. The summed E-state index contributed by atoms with van der Waals surface area (Å²) >= 11 is 0. The van der Waals surface area contributed by atoms with Crippen LogP contribution < -0.4 is 5.69 Å². The van der Waals surface area contributed by atoms with E-state index >= 15 is 0 Å². The van der Waals surface area contributed by atoms with Crippen molar-refractivity contribution >= 4 is 0 Å². The van der Waals surface area contributed by atoms with Crippen LogP contribution in [0.25, 0.3) is 0 Å². The highest BCUT2D eigenvalue weighted by atomic mass is 19.4. The van der Waals surface area contributed by atoms with Crippen LogP contribution in [0.1, 0.15) is 84.9 Å². The summed E-state index contributed by atoms with van der Waals surface area (Å²) < 4.78 is 87.5. The standard InChI is InChI=1S/C24H30N4O2.C11H10F6O/c1-19-9-8-14-22(21-12-6-3-7-13-21)27(17-23-25-26-24(29)28(19)23)15-16-30-18-20-10-4-2-5-11-20;1-6(18-2)7-3-8(10(12,13)14)5-9(4-7)11(15,16)17/h2-7,10-13,19,22H,8-9,14-18H2,1H3,(H,26,29);3-6H,1-2H3. The Kier molecular flexibility index (Phi) is 12.6. The quantitative estimate of drug-likeness (QED) is 0.150. The van der Waals surface area contributed by atoms with Gasteiger partial charge in [-0.05, 0) is 68.0 Å². The van der Waals surface area contributed by atoms with Crippen LogP contribution in [0.3, 0.4) is 0 Å². The van der Waals surface area contributed by atoms with E-state index in [0.29, 0.717) is 31.9 Å². The minimum Gasteiger partial charge on any atom is -0.377 e. The molecular weight excluding hydrogens is 638 g/mol. The number of hydrogen-bond donors (Lipinski definition) is 1. The Hall–Kier alpha value is -3.94. The van der Waals surface area contributed by atoms with E-state index in [2.05, 4.69) is 64.5 Å². The van der Waals surface area contributed by atoms with E-state index in [1.165, 1.54) is 25.2 Å². The molecule has 2 heterocycles. The average molecular weight is 679 g/mol. The number of nitrogens with one attached hydrogen (secondary N) is 1. The third-order valence-electron chi connectivity index (χ3n) is 8.35. The van der Waals surface area contributed by atoms with Crippen molar-refractivity contribution in [2.45, 2.75) is 76.8 Å². The number of rotatable bonds is 8. The number of aromatic nitrogens is 3. The number of benzene rings is 3. The highest BCUT2D eigenvalue weighted by Gasteiger charge is 2.37. The first-order chi connectivity index (χ1) is 22.8. The molecule has 4 aromatic rings. The van der Waals surface area contributed by atoms with Gasteiger partial charge < -0.3 is 9.47 Å². The molecule has 1 aliphatic heterocycles. The number of fused-ring (bicyclic) bond motifs is 1. The summed E-state index contributed by atoms with van der Waals surface area (Å²) in [5, 5.41) is 7.00. The molecule has 3 aromatic carbocycles.